The van der Waals surface area contributed by atoms with Gasteiger partial charge in [0, 0.05) is 18.0 Å². The lowest BCUT2D eigenvalue weighted by Crippen LogP contribution is -2.27. The van der Waals surface area contributed by atoms with Gasteiger partial charge in [0.1, 0.15) is 5.00 Å². The van der Waals surface area contributed by atoms with Crippen molar-refractivity contribution in [2.75, 3.05) is 18.9 Å². The highest BCUT2D eigenvalue weighted by atomic mass is 35.5. The van der Waals surface area contributed by atoms with Gasteiger partial charge in [-0.3, -0.25) is 9.59 Å². The van der Waals surface area contributed by atoms with Gasteiger partial charge in [0.05, 0.1) is 22.1 Å². The number of carbonyl (C=O) groups is 2. The topological polar surface area (TPSA) is 110 Å². The monoisotopic (exact) mass is 471 g/mol. The van der Waals surface area contributed by atoms with Crippen molar-refractivity contribution in [3.05, 3.63) is 45.8 Å². The molecule has 2 heterocycles. The van der Waals surface area contributed by atoms with Gasteiger partial charge in [0.15, 0.2) is 9.84 Å². The van der Waals surface area contributed by atoms with Crippen LogP contribution in [-0.4, -0.2) is 44.0 Å². The number of anilines is 1. The SMILES string of the molecule is CC(C)S(=O)(=O)c1ccc(CC(=O)Nc2sc3c(c2C(N)=O)CCN(C)C3)cc1.Cl. The summed E-state index contributed by atoms with van der Waals surface area (Å²) in [4.78, 5) is 27.9. The number of fused-ring (bicyclic) bond motifs is 1. The molecular formula is C20H26ClN3O4S2. The Morgan fingerprint density at radius 2 is 1.87 bits per heavy atom. The molecule has 3 rings (SSSR count). The Kier molecular flexibility index (Phi) is 7.68. The molecule has 0 radical (unpaired) electrons. The van der Waals surface area contributed by atoms with Crippen molar-refractivity contribution < 1.29 is 18.0 Å². The number of likely N-dealkylation sites (N-methyl/N-ethyl adjacent to an activating group) is 1. The van der Waals surface area contributed by atoms with Crippen LogP contribution in [0.1, 0.15) is 40.2 Å². The number of hydrogen-bond acceptors (Lipinski definition) is 6. The van der Waals surface area contributed by atoms with E-state index in [2.05, 4.69) is 10.2 Å². The van der Waals surface area contributed by atoms with Crippen molar-refractivity contribution in [2.45, 2.75) is 43.4 Å². The molecule has 0 spiro atoms. The fourth-order valence-electron chi connectivity index (χ4n) is 3.31. The number of nitrogens with one attached hydrogen (secondary N) is 1. The Bertz CT molecular complexity index is 1050. The number of primary amides is 1. The standard InChI is InChI=1S/C20H25N3O4S2.ClH/c1-12(2)29(26,27)14-6-4-13(5-7-14)10-17(24)22-20-18(19(21)25)15-8-9-23(3)11-16(15)28-20;/h4-7,12H,8-11H2,1-3H3,(H2,21,25)(H,22,24);1H. The van der Waals surface area contributed by atoms with Crippen molar-refractivity contribution in [2.24, 2.45) is 5.73 Å². The fraction of sp³-hybridized carbons (Fsp3) is 0.400. The second kappa shape index (κ2) is 9.47. The number of amides is 2. The van der Waals surface area contributed by atoms with Crippen molar-refractivity contribution in [1.29, 1.82) is 0 Å². The zero-order valence-corrected chi connectivity index (χ0v) is 19.5. The number of hydrogen-bond donors (Lipinski definition) is 2. The van der Waals surface area contributed by atoms with Crippen LogP contribution in [0.15, 0.2) is 29.2 Å². The van der Waals surface area contributed by atoms with E-state index in [0.717, 1.165) is 30.0 Å². The van der Waals surface area contributed by atoms with Crippen molar-refractivity contribution in [3.63, 3.8) is 0 Å². The number of thiophene rings is 1. The van der Waals surface area contributed by atoms with Gasteiger partial charge >= 0.3 is 0 Å². The van der Waals surface area contributed by atoms with E-state index < -0.39 is 21.0 Å². The maximum absolute atomic E-state index is 12.5. The smallest absolute Gasteiger partial charge is 0.251 e. The fourth-order valence-corrected chi connectivity index (χ4v) is 5.71. The summed E-state index contributed by atoms with van der Waals surface area (Å²) in [6, 6.07) is 6.31. The van der Waals surface area contributed by atoms with Crippen LogP contribution in [-0.2, 0) is 34.0 Å². The summed E-state index contributed by atoms with van der Waals surface area (Å²) in [6.07, 6.45) is 0.797. The average Bonchev–Trinajstić information content (AvgIpc) is 2.98. The van der Waals surface area contributed by atoms with Gasteiger partial charge in [-0.1, -0.05) is 12.1 Å². The summed E-state index contributed by atoms with van der Waals surface area (Å²) in [5, 5.41) is 2.80. The normalized spacial score (nSPS) is 14.1. The lowest BCUT2D eigenvalue weighted by Gasteiger charge is -2.22. The maximum atomic E-state index is 12.5. The highest BCUT2D eigenvalue weighted by Gasteiger charge is 2.26. The van der Waals surface area contributed by atoms with Crippen LogP contribution >= 0.6 is 23.7 Å². The summed E-state index contributed by atoms with van der Waals surface area (Å²) >= 11 is 1.39. The molecule has 0 atom stereocenters. The van der Waals surface area contributed by atoms with Crippen molar-refractivity contribution in [1.82, 2.24) is 4.90 Å². The Labute approximate surface area is 187 Å². The van der Waals surface area contributed by atoms with E-state index in [1.807, 2.05) is 7.05 Å². The number of nitrogens with two attached hydrogens (primary N) is 1. The summed E-state index contributed by atoms with van der Waals surface area (Å²) in [6.45, 7) is 4.82. The molecule has 30 heavy (non-hydrogen) atoms. The van der Waals surface area contributed by atoms with Crippen LogP contribution in [0.5, 0.6) is 0 Å². The molecule has 7 nitrogen and oxygen atoms in total. The average molecular weight is 472 g/mol. The molecule has 3 N–H and O–H groups in total. The molecule has 1 aliphatic heterocycles. The first-order valence-corrected chi connectivity index (χ1v) is 11.7. The molecule has 1 aromatic carbocycles. The lowest BCUT2D eigenvalue weighted by molar-refractivity contribution is -0.115. The molecule has 0 bridgehead atoms. The van der Waals surface area contributed by atoms with E-state index in [9.17, 15) is 18.0 Å². The molecule has 0 fully saturated rings. The van der Waals surface area contributed by atoms with Gasteiger partial charge in [-0.05, 0) is 50.6 Å². The zero-order chi connectivity index (χ0) is 21.3. The van der Waals surface area contributed by atoms with E-state index in [4.69, 9.17) is 5.73 Å². The molecule has 10 heteroatoms. The number of halogens is 1. The second-order valence-corrected chi connectivity index (χ2v) is 11.1. The Hall–Kier alpha value is -1.94. The van der Waals surface area contributed by atoms with E-state index in [1.54, 1.807) is 26.0 Å². The quantitative estimate of drug-likeness (QED) is 0.673. The number of sulfone groups is 1. The summed E-state index contributed by atoms with van der Waals surface area (Å²) in [7, 11) is -1.34. The predicted molar refractivity (Wildman–Crippen MR) is 121 cm³/mol. The lowest BCUT2D eigenvalue weighted by atomic mass is 10.0. The highest BCUT2D eigenvalue weighted by Crippen LogP contribution is 2.36. The van der Waals surface area contributed by atoms with E-state index in [-0.39, 0.29) is 29.6 Å². The molecule has 1 aromatic heterocycles. The van der Waals surface area contributed by atoms with Crippen molar-refractivity contribution in [3.8, 4) is 0 Å². The van der Waals surface area contributed by atoms with Crippen LogP contribution < -0.4 is 11.1 Å². The predicted octanol–water partition coefficient (Wildman–Crippen LogP) is 2.62. The van der Waals surface area contributed by atoms with Crippen LogP contribution in [0.25, 0.3) is 0 Å². The Balaban J connectivity index is 0.00000320. The second-order valence-electron chi connectivity index (χ2n) is 7.52. The molecule has 164 valence electrons. The largest absolute Gasteiger partial charge is 0.365 e. The van der Waals surface area contributed by atoms with E-state index >= 15 is 0 Å². The molecule has 0 saturated carbocycles. The van der Waals surface area contributed by atoms with Crippen LogP contribution in [0.4, 0.5) is 5.00 Å². The number of nitrogens with zero attached hydrogens (tertiary/aromatic N) is 1. The number of carbonyl (C=O) groups excluding carboxylic acids is 2. The minimum Gasteiger partial charge on any atom is -0.365 e. The highest BCUT2D eigenvalue weighted by molar-refractivity contribution is 7.92. The molecule has 2 amide bonds. The third-order valence-electron chi connectivity index (χ3n) is 4.98. The third-order valence-corrected chi connectivity index (χ3v) is 8.29. The maximum Gasteiger partial charge on any atom is 0.251 e. The van der Waals surface area contributed by atoms with Gasteiger partial charge in [-0.2, -0.15) is 0 Å². The first-order valence-electron chi connectivity index (χ1n) is 9.35. The summed E-state index contributed by atoms with van der Waals surface area (Å²) < 4.78 is 24.4. The Morgan fingerprint density at radius 1 is 1.23 bits per heavy atom. The number of benzene rings is 1. The first kappa shape index (κ1) is 24.3. The molecule has 0 unspecified atom stereocenters. The van der Waals surface area contributed by atoms with Crippen LogP contribution in [0, 0.1) is 0 Å². The van der Waals surface area contributed by atoms with Gasteiger partial charge in [0.25, 0.3) is 5.91 Å². The van der Waals surface area contributed by atoms with Crippen molar-refractivity contribution >= 4 is 50.4 Å². The van der Waals surface area contributed by atoms with Crippen LogP contribution in [0.2, 0.25) is 0 Å². The van der Waals surface area contributed by atoms with E-state index in [1.165, 1.54) is 23.5 Å². The molecule has 0 aliphatic carbocycles. The van der Waals surface area contributed by atoms with Gasteiger partial charge < -0.3 is 16.0 Å². The minimum atomic E-state index is -3.35. The molecular weight excluding hydrogens is 446 g/mol. The molecule has 0 saturated heterocycles. The Morgan fingerprint density at radius 3 is 2.43 bits per heavy atom. The third kappa shape index (κ3) is 5.03. The minimum absolute atomic E-state index is 0. The van der Waals surface area contributed by atoms with E-state index in [0.29, 0.717) is 16.1 Å². The van der Waals surface area contributed by atoms with Gasteiger partial charge in [0.2, 0.25) is 5.91 Å². The number of rotatable bonds is 6. The molecule has 2 aromatic rings. The molecule has 1 aliphatic rings. The summed E-state index contributed by atoms with van der Waals surface area (Å²) in [5.74, 6) is -0.815. The van der Waals surface area contributed by atoms with Gasteiger partial charge in [-0.15, -0.1) is 23.7 Å². The van der Waals surface area contributed by atoms with Gasteiger partial charge in [-0.25, -0.2) is 8.42 Å². The zero-order valence-electron chi connectivity index (χ0n) is 17.1. The summed E-state index contributed by atoms with van der Waals surface area (Å²) in [5.41, 5.74) is 7.60. The van der Waals surface area contributed by atoms with Crippen LogP contribution in [0.3, 0.4) is 0 Å². The first-order chi connectivity index (χ1) is 13.6.